The summed E-state index contributed by atoms with van der Waals surface area (Å²) in [6.45, 7) is 8.77. The Hall–Kier alpha value is -0.770. The zero-order chi connectivity index (χ0) is 11.6. The number of carbonyl (C=O) groups is 1. The first-order chi connectivity index (χ1) is 6.78. The van der Waals surface area contributed by atoms with Crippen LogP contribution in [0.4, 0.5) is 4.79 Å². The lowest BCUT2D eigenvalue weighted by molar-refractivity contribution is -0.00846. The lowest BCUT2D eigenvalue weighted by Gasteiger charge is -2.40. The number of carbonyl (C=O) groups excluding carboxylic acids is 1. The lowest BCUT2D eigenvalue weighted by Crippen LogP contribution is -2.52. The molecule has 0 aliphatic carbocycles. The van der Waals surface area contributed by atoms with E-state index in [1.54, 1.807) is 11.8 Å². The van der Waals surface area contributed by atoms with E-state index in [4.69, 9.17) is 9.84 Å². The van der Waals surface area contributed by atoms with Gasteiger partial charge in [0.05, 0.1) is 6.10 Å². The molecule has 0 radical (unpaired) electrons. The van der Waals surface area contributed by atoms with Crippen LogP contribution >= 0.6 is 0 Å². The maximum atomic E-state index is 11.5. The van der Waals surface area contributed by atoms with Crippen molar-refractivity contribution in [3.63, 3.8) is 0 Å². The largest absolute Gasteiger partial charge is 0.444 e. The Balaban J connectivity index is 2.24. The minimum absolute atomic E-state index is 0.246. The first kappa shape index (κ1) is 12.3. The molecule has 0 spiro atoms. The number of rotatable bonds is 2. The topological polar surface area (TPSA) is 49.8 Å². The quantitative estimate of drug-likeness (QED) is 0.761. The van der Waals surface area contributed by atoms with Gasteiger partial charge >= 0.3 is 6.09 Å². The maximum absolute atomic E-state index is 11.5. The average Bonchev–Trinajstić information content (AvgIpc) is 1.91. The monoisotopic (exact) mass is 215 g/mol. The Morgan fingerprint density at radius 2 is 2.07 bits per heavy atom. The van der Waals surface area contributed by atoms with Crippen molar-refractivity contribution in [2.24, 2.45) is 5.92 Å². The lowest BCUT2D eigenvalue weighted by atomic mass is 9.94. The molecule has 1 N–H and O–H groups in total. The number of hydrogen-bond donors (Lipinski definition) is 1. The number of hydrogen-bond acceptors (Lipinski definition) is 3. The van der Waals surface area contributed by atoms with E-state index >= 15 is 0 Å². The van der Waals surface area contributed by atoms with E-state index in [2.05, 4.69) is 0 Å². The molecule has 1 fully saturated rings. The van der Waals surface area contributed by atoms with Gasteiger partial charge in [-0.2, -0.15) is 0 Å². The third-order valence-electron chi connectivity index (χ3n) is 2.28. The highest BCUT2D eigenvalue weighted by molar-refractivity contribution is 5.69. The molecular formula is C11H21NO3. The van der Waals surface area contributed by atoms with Crippen LogP contribution in [0.3, 0.4) is 0 Å². The van der Waals surface area contributed by atoms with Crippen LogP contribution in [0.25, 0.3) is 0 Å². The number of nitrogens with zero attached hydrogens (tertiary/aromatic N) is 1. The van der Waals surface area contributed by atoms with Crippen LogP contribution in [-0.2, 0) is 4.74 Å². The Kier molecular flexibility index (Phi) is 3.60. The first-order valence-electron chi connectivity index (χ1n) is 5.44. The normalized spacial score (nSPS) is 19.7. The van der Waals surface area contributed by atoms with E-state index in [0.717, 1.165) is 6.42 Å². The van der Waals surface area contributed by atoms with Crippen LogP contribution in [0.15, 0.2) is 0 Å². The summed E-state index contributed by atoms with van der Waals surface area (Å²) in [5.41, 5.74) is -0.424. The van der Waals surface area contributed by atoms with Gasteiger partial charge in [-0.15, -0.1) is 0 Å². The van der Waals surface area contributed by atoms with Crippen LogP contribution in [-0.4, -0.2) is 40.9 Å². The molecule has 1 saturated heterocycles. The Morgan fingerprint density at radius 3 is 2.47 bits per heavy atom. The van der Waals surface area contributed by atoms with Crippen molar-refractivity contribution in [3.05, 3.63) is 0 Å². The molecule has 0 saturated carbocycles. The second-order valence-electron chi connectivity index (χ2n) is 5.34. The summed E-state index contributed by atoms with van der Waals surface area (Å²) in [7, 11) is 0. The smallest absolute Gasteiger partial charge is 0.410 e. The van der Waals surface area contributed by atoms with Gasteiger partial charge in [-0.3, -0.25) is 0 Å². The highest BCUT2D eigenvalue weighted by atomic mass is 16.6. The molecule has 0 aromatic rings. The number of likely N-dealkylation sites (tertiary alicyclic amines) is 1. The zero-order valence-electron chi connectivity index (χ0n) is 9.99. The minimum Gasteiger partial charge on any atom is -0.444 e. The molecule has 15 heavy (non-hydrogen) atoms. The van der Waals surface area contributed by atoms with Crippen molar-refractivity contribution in [2.45, 2.75) is 45.8 Å². The van der Waals surface area contributed by atoms with E-state index in [-0.39, 0.29) is 12.2 Å². The Bertz CT molecular complexity index is 226. The van der Waals surface area contributed by atoms with Gasteiger partial charge in [-0.25, -0.2) is 4.79 Å². The predicted octanol–water partition coefficient (Wildman–Crippen LogP) is 1.62. The molecule has 4 heteroatoms. The molecular weight excluding hydrogens is 194 g/mol. The van der Waals surface area contributed by atoms with Gasteiger partial charge in [0.2, 0.25) is 0 Å². The molecule has 1 amide bonds. The maximum Gasteiger partial charge on any atom is 0.410 e. The molecule has 88 valence electrons. The summed E-state index contributed by atoms with van der Waals surface area (Å²) < 4.78 is 5.22. The minimum atomic E-state index is -0.424. The van der Waals surface area contributed by atoms with Crippen molar-refractivity contribution in [1.29, 1.82) is 0 Å². The van der Waals surface area contributed by atoms with Crippen LogP contribution in [0.2, 0.25) is 0 Å². The zero-order valence-corrected chi connectivity index (χ0v) is 9.99. The third-order valence-corrected chi connectivity index (χ3v) is 2.28. The predicted molar refractivity (Wildman–Crippen MR) is 57.6 cm³/mol. The van der Waals surface area contributed by atoms with Crippen molar-refractivity contribution >= 4 is 6.09 Å². The number of amides is 1. The standard InChI is InChI=1S/C11H21NO3/c1-8(13)5-9-6-12(7-9)10(14)15-11(2,3)4/h8-9,13H,5-7H2,1-4H3/t8-/m1/s1. The SMILES string of the molecule is C[C@@H](O)CC1CN(C(=O)OC(C)(C)C)C1. The van der Waals surface area contributed by atoms with Gasteiger partial charge in [0.15, 0.2) is 0 Å². The van der Waals surface area contributed by atoms with E-state index < -0.39 is 5.60 Å². The fourth-order valence-corrected chi connectivity index (χ4v) is 1.68. The molecule has 0 bridgehead atoms. The fourth-order valence-electron chi connectivity index (χ4n) is 1.68. The summed E-state index contributed by atoms with van der Waals surface area (Å²) in [4.78, 5) is 13.2. The van der Waals surface area contributed by atoms with E-state index in [0.29, 0.717) is 19.0 Å². The fraction of sp³-hybridized carbons (Fsp3) is 0.909. The Labute approximate surface area is 91.2 Å². The van der Waals surface area contributed by atoms with Gasteiger partial charge in [0, 0.05) is 13.1 Å². The molecule has 1 heterocycles. The second-order valence-corrected chi connectivity index (χ2v) is 5.34. The second kappa shape index (κ2) is 4.39. The highest BCUT2D eigenvalue weighted by Crippen LogP contribution is 2.22. The van der Waals surface area contributed by atoms with Crippen LogP contribution in [0.1, 0.15) is 34.1 Å². The number of ether oxygens (including phenoxy) is 1. The van der Waals surface area contributed by atoms with Crippen LogP contribution < -0.4 is 0 Å². The molecule has 1 aliphatic rings. The molecule has 0 aromatic carbocycles. The molecule has 1 atom stereocenters. The van der Waals surface area contributed by atoms with Crippen LogP contribution in [0, 0.1) is 5.92 Å². The summed E-state index contributed by atoms with van der Waals surface area (Å²) in [6.07, 6.45) is 0.236. The molecule has 4 nitrogen and oxygen atoms in total. The van der Waals surface area contributed by atoms with E-state index in [9.17, 15) is 4.79 Å². The number of aliphatic hydroxyl groups excluding tert-OH is 1. The highest BCUT2D eigenvalue weighted by Gasteiger charge is 2.33. The van der Waals surface area contributed by atoms with Gasteiger partial charge in [-0.05, 0) is 40.0 Å². The summed E-state index contributed by atoms with van der Waals surface area (Å²) >= 11 is 0. The van der Waals surface area contributed by atoms with Gasteiger partial charge in [-0.1, -0.05) is 0 Å². The number of aliphatic hydroxyl groups is 1. The van der Waals surface area contributed by atoms with Crippen molar-refractivity contribution in [2.75, 3.05) is 13.1 Å². The molecule has 1 rings (SSSR count). The molecule has 0 aromatic heterocycles. The van der Waals surface area contributed by atoms with Crippen LogP contribution in [0.5, 0.6) is 0 Å². The molecule has 1 aliphatic heterocycles. The van der Waals surface area contributed by atoms with Crippen molar-refractivity contribution in [3.8, 4) is 0 Å². The van der Waals surface area contributed by atoms with Crippen molar-refractivity contribution in [1.82, 2.24) is 4.90 Å². The van der Waals surface area contributed by atoms with Gasteiger partial charge in [0.1, 0.15) is 5.60 Å². The summed E-state index contributed by atoms with van der Waals surface area (Å²) in [5.74, 6) is 0.428. The first-order valence-corrected chi connectivity index (χ1v) is 5.44. The summed E-state index contributed by atoms with van der Waals surface area (Å²) in [5, 5.41) is 9.16. The Morgan fingerprint density at radius 1 is 1.53 bits per heavy atom. The van der Waals surface area contributed by atoms with E-state index in [1.165, 1.54) is 0 Å². The average molecular weight is 215 g/mol. The van der Waals surface area contributed by atoms with Gasteiger partial charge < -0.3 is 14.7 Å². The van der Waals surface area contributed by atoms with Crippen molar-refractivity contribution < 1.29 is 14.6 Å². The van der Waals surface area contributed by atoms with Gasteiger partial charge in [0.25, 0.3) is 0 Å². The third kappa shape index (κ3) is 4.08. The van der Waals surface area contributed by atoms with E-state index in [1.807, 2.05) is 20.8 Å². The molecule has 0 unspecified atom stereocenters. The summed E-state index contributed by atoms with van der Waals surface area (Å²) in [6, 6.07) is 0.